The Hall–Kier alpha value is -0.730. The van der Waals surface area contributed by atoms with Gasteiger partial charge in [-0.15, -0.1) is 0 Å². The van der Waals surface area contributed by atoms with Gasteiger partial charge in [-0.25, -0.2) is 0 Å². The van der Waals surface area contributed by atoms with Gasteiger partial charge in [0.1, 0.15) is 0 Å². The van der Waals surface area contributed by atoms with Gasteiger partial charge in [0.2, 0.25) is 0 Å². The first kappa shape index (κ1) is 11.1. The first-order valence-corrected chi connectivity index (χ1v) is 7.70. The number of nitrogens with zero attached hydrogens (tertiary/aromatic N) is 2. The lowest BCUT2D eigenvalue weighted by Gasteiger charge is -2.63. The van der Waals surface area contributed by atoms with Gasteiger partial charge in [0.25, 0.3) is 0 Å². The second-order valence-electron chi connectivity index (χ2n) is 7.43. The molecule has 4 bridgehead atoms. The van der Waals surface area contributed by atoms with Crippen molar-refractivity contribution in [1.82, 2.24) is 4.90 Å². The van der Waals surface area contributed by atoms with Gasteiger partial charge >= 0.3 is 0 Å². The summed E-state index contributed by atoms with van der Waals surface area (Å²) in [4.78, 5) is 7.16. The molecule has 2 N–H and O–H groups in total. The van der Waals surface area contributed by atoms with E-state index in [2.05, 4.69) is 23.7 Å². The first-order chi connectivity index (χ1) is 8.61. The Kier molecular flexibility index (Phi) is 2.12. The summed E-state index contributed by atoms with van der Waals surface area (Å²) in [5, 5.41) is 0. The SMILES string of the molecule is CC(C)N1C(N)=NCC12C1CC3CC(C1)CC2C3. The van der Waals surface area contributed by atoms with Crippen molar-refractivity contribution in [3.63, 3.8) is 0 Å². The van der Waals surface area contributed by atoms with Crippen LogP contribution in [0.25, 0.3) is 0 Å². The van der Waals surface area contributed by atoms with Crippen LogP contribution in [0, 0.1) is 23.7 Å². The molecule has 0 atom stereocenters. The Morgan fingerprint density at radius 2 is 1.67 bits per heavy atom. The average molecular weight is 247 g/mol. The highest BCUT2D eigenvalue weighted by molar-refractivity contribution is 5.81. The van der Waals surface area contributed by atoms with E-state index < -0.39 is 0 Å². The standard InChI is InChI=1S/C15H25N3/c1-9(2)18-14(16)17-8-15(18)12-4-10-3-11(6-12)7-13(15)5-10/h9-13H,3-8H2,1-2H3,(H2,16,17). The molecular formula is C15H25N3. The van der Waals surface area contributed by atoms with E-state index in [1.54, 1.807) is 0 Å². The van der Waals surface area contributed by atoms with Crippen molar-refractivity contribution >= 4 is 5.96 Å². The second kappa shape index (κ2) is 3.43. The third-order valence-electron chi connectivity index (χ3n) is 6.26. The number of rotatable bonds is 1. The minimum absolute atomic E-state index is 0.311. The summed E-state index contributed by atoms with van der Waals surface area (Å²) < 4.78 is 0. The van der Waals surface area contributed by atoms with Gasteiger partial charge in [-0.3, -0.25) is 4.99 Å². The number of nitrogens with two attached hydrogens (primary N) is 1. The van der Waals surface area contributed by atoms with Gasteiger partial charge in [-0.1, -0.05) is 0 Å². The van der Waals surface area contributed by atoms with Crippen molar-refractivity contribution in [2.75, 3.05) is 6.54 Å². The quantitative estimate of drug-likeness (QED) is 0.772. The fourth-order valence-corrected chi connectivity index (χ4v) is 5.97. The van der Waals surface area contributed by atoms with Crippen molar-refractivity contribution in [2.45, 2.75) is 57.5 Å². The Balaban J connectivity index is 1.75. The van der Waals surface area contributed by atoms with Crippen LogP contribution in [-0.2, 0) is 0 Å². The number of hydrogen-bond donors (Lipinski definition) is 1. The van der Waals surface area contributed by atoms with E-state index in [-0.39, 0.29) is 0 Å². The van der Waals surface area contributed by atoms with E-state index in [0.717, 1.165) is 36.2 Å². The van der Waals surface area contributed by atoms with Crippen LogP contribution in [-0.4, -0.2) is 29.0 Å². The summed E-state index contributed by atoms with van der Waals surface area (Å²) in [7, 11) is 0. The minimum atomic E-state index is 0.311. The number of hydrogen-bond acceptors (Lipinski definition) is 3. The Morgan fingerprint density at radius 3 is 2.17 bits per heavy atom. The zero-order valence-electron chi connectivity index (χ0n) is 11.6. The van der Waals surface area contributed by atoms with Gasteiger partial charge in [-0.05, 0) is 69.6 Å². The Labute approximate surface area is 110 Å². The van der Waals surface area contributed by atoms with Crippen molar-refractivity contribution in [2.24, 2.45) is 34.4 Å². The van der Waals surface area contributed by atoms with Crippen LogP contribution in [0.1, 0.15) is 46.0 Å². The smallest absolute Gasteiger partial charge is 0.192 e. The molecule has 0 aromatic rings. The highest BCUT2D eigenvalue weighted by Crippen LogP contribution is 2.61. The van der Waals surface area contributed by atoms with Gasteiger partial charge in [-0.2, -0.15) is 0 Å². The zero-order valence-corrected chi connectivity index (χ0v) is 11.6. The molecule has 0 radical (unpaired) electrons. The molecule has 0 amide bonds. The molecule has 0 aromatic heterocycles. The van der Waals surface area contributed by atoms with Gasteiger partial charge < -0.3 is 10.6 Å². The van der Waals surface area contributed by atoms with Crippen molar-refractivity contribution < 1.29 is 0 Å². The molecule has 4 fully saturated rings. The monoisotopic (exact) mass is 247 g/mol. The molecule has 0 unspecified atom stereocenters. The number of aliphatic imine (C=N–C) groups is 1. The molecule has 3 nitrogen and oxygen atoms in total. The molecule has 4 aliphatic carbocycles. The van der Waals surface area contributed by atoms with E-state index >= 15 is 0 Å². The summed E-state index contributed by atoms with van der Waals surface area (Å²) >= 11 is 0. The molecule has 1 heterocycles. The maximum Gasteiger partial charge on any atom is 0.192 e. The van der Waals surface area contributed by atoms with Crippen LogP contribution in [0.4, 0.5) is 0 Å². The van der Waals surface area contributed by atoms with Gasteiger partial charge in [0.15, 0.2) is 5.96 Å². The minimum Gasteiger partial charge on any atom is -0.370 e. The predicted octanol–water partition coefficient (Wildman–Crippen LogP) is 2.22. The van der Waals surface area contributed by atoms with Crippen molar-refractivity contribution in [3.05, 3.63) is 0 Å². The summed E-state index contributed by atoms with van der Waals surface area (Å²) in [6.45, 7) is 5.53. The molecule has 4 saturated carbocycles. The lowest BCUT2D eigenvalue weighted by atomic mass is 9.48. The molecule has 100 valence electrons. The van der Waals surface area contributed by atoms with E-state index in [1.165, 1.54) is 32.1 Å². The van der Waals surface area contributed by atoms with Crippen molar-refractivity contribution in [3.8, 4) is 0 Å². The summed E-state index contributed by atoms with van der Waals surface area (Å²) in [6, 6.07) is 0.494. The second-order valence-corrected chi connectivity index (χ2v) is 7.43. The maximum absolute atomic E-state index is 6.21. The van der Waals surface area contributed by atoms with E-state index in [9.17, 15) is 0 Å². The van der Waals surface area contributed by atoms with Crippen LogP contribution in [0.2, 0.25) is 0 Å². The van der Waals surface area contributed by atoms with E-state index in [4.69, 9.17) is 5.73 Å². The van der Waals surface area contributed by atoms with Gasteiger partial charge in [0, 0.05) is 6.04 Å². The third-order valence-corrected chi connectivity index (χ3v) is 6.26. The molecule has 0 aromatic carbocycles. The molecule has 5 rings (SSSR count). The molecule has 5 aliphatic rings. The zero-order chi connectivity index (χ0) is 12.5. The van der Waals surface area contributed by atoms with E-state index in [0.29, 0.717) is 11.6 Å². The fraction of sp³-hybridized carbons (Fsp3) is 0.933. The summed E-state index contributed by atoms with van der Waals surface area (Å²) in [5.74, 6) is 4.59. The number of guanidine groups is 1. The van der Waals surface area contributed by atoms with Crippen LogP contribution in [0.5, 0.6) is 0 Å². The summed E-state index contributed by atoms with van der Waals surface area (Å²) in [6.07, 6.45) is 7.29. The summed E-state index contributed by atoms with van der Waals surface area (Å²) in [5.41, 5.74) is 6.52. The third kappa shape index (κ3) is 1.18. The van der Waals surface area contributed by atoms with Crippen LogP contribution >= 0.6 is 0 Å². The molecule has 1 spiro atoms. The van der Waals surface area contributed by atoms with E-state index in [1.807, 2.05) is 0 Å². The predicted molar refractivity (Wildman–Crippen MR) is 73.2 cm³/mol. The van der Waals surface area contributed by atoms with Crippen LogP contribution < -0.4 is 5.73 Å². The van der Waals surface area contributed by atoms with Crippen LogP contribution in [0.3, 0.4) is 0 Å². The Bertz CT molecular complexity index is 371. The molecule has 1 aliphatic heterocycles. The maximum atomic E-state index is 6.21. The average Bonchev–Trinajstić information content (AvgIpc) is 2.64. The molecule has 18 heavy (non-hydrogen) atoms. The lowest BCUT2D eigenvalue weighted by molar-refractivity contribution is -0.108. The van der Waals surface area contributed by atoms with Crippen molar-refractivity contribution in [1.29, 1.82) is 0 Å². The largest absolute Gasteiger partial charge is 0.370 e. The molecule has 0 saturated heterocycles. The highest BCUT2D eigenvalue weighted by atomic mass is 15.4. The lowest BCUT2D eigenvalue weighted by Crippen LogP contribution is -2.68. The fourth-order valence-electron chi connectivity index (χ4n) is 5.97. The first-order valence-electron chi connectivity index (χ1n) is 7.70. The normalized spacial score (nSPS) is 49.5. The molecule has 3 heteroatoms. The molecular weight excluding hydrogens is 222 g/mol. The topological polar surface area (TPSA) is 41.6 Å². The highest BCUT2D eigenvalue weighted by Gasteiger charge is 2.62. The van der Waals surface area contributed by atoms with Crippen LogP contribution in [0.15, 0.2) is 4.99 Å². The Morgan fingerprint density at radius 1 is 1.11 bits per heavy atom. The van der Waals surface area contributed by atoms with Gasteiger partial charge in [0.05, 0.1) is 12.1 Å².